The van der Waals surface area contributed by atoms with Gasteiger partial charge in [0.2, 0.25) is 0 Å². The first kappa shape index (κ1) is 16.1. The molecule has 7 heteroatoms. The van der Waals surface area contributed by atoms with Crippen molar-refractivity contribution < 1.29 is 18.5 Å². The third-order valence-corrected chi connectivity index (χ3v) is 4.36. The molecular weight excluding hydrogens is 334 g/mol. The number of anilines is 1. The molecule has 0 atom stereocenters. The lowest BCUT2D eigenvalue weighted by atomic mass is 9.98. The standard InChI is InChI=1S/C19H17N3O4/c1-12-9-16(21-26-12)18(23)20-15-5-4-13-6-7-22(11-14(13)10-15)19(24)17-3-2-8-25-17/h2-5,8-10H,6-7,11H2,1H3,(H,20,23). The largest absolute Gasteiger partial charge is 0.459 e. The minimum atomic E-state index is -0.332. The minimum Gasteiger partial charge on any atom is -0.459 e. The van der Waals surface area contributed by atoms with Crippen LogP contribution in [0.15, 0.2) is 51.6 Å². The summed E-state index contributed by atoms with van der Waals surface area (Å²) in [5.74, 6) is 0.446. The van der Waals surface area contributed by atoms with Crippen molar-refractivity contribution >= 4 is 17.5 Å². The second kappa shape index (κ2) is 6.51. The van der Waals surface area contributed by atoms with Crippen LogP contribution in [0.25, 0.3) is 0 Å². The number of rotatable bonds is 3. The van der Waals surface area contributed by atoms with E-state index < -0.39 is 0 Å². The molecule has 0 fully saturated rings. The van der Waals surface area contributed by atoms with Gasteiger partial charge >= 0.3 is 0 Å². The zero-order valence-corrected chi connectivity index (χ0v) is 14.2. The summed E-state index contributed by atoms with van der Waals surface area (Å²) in [6, 6.07) is 10.7. The number of benzene rings is 1. The number of amides is 2. The average molecular weight is 351 g/mol. The van der Waals surface area contributed by atoms with Crippen LogP contribution in [0.4, 0.5) is 5.69 Å². The average Bonchev–Trinajstić information content (AvgIpc) is 3.32. The van der Waals surface area contributed by atoms with Gasteiger partial charge in [-0.05, 0) is 48.7 Å². The highest BCUT2D eigenvalue weighted by Gasteiger charge is 2.24. The molecule has 1 aliphatic rings. The molecule has 0 unspecified atom stereocenters. The first-order chi connectivity index (χ1) is 12.6. The first-order valence-electron chi connectivity index (χ1n) is 8.29. The fraction of sp³-hybridized carbons (Fsp3) is 0.211. The van der Waals surface area contributed by atoms with Crippen LogP contribution >= 0.6 is 0 Å². The number of furan rings is 1. The van der Waals surface area contributed by atoms with Gasteiger partial charge in [0.05, 0.1) is 6.26 Å². The van der Waals surface area contributed by atoms with Crippen molar-refractivity contribution in [3.8, 4) is 0 Å². The number of nitrogens with one attached hydrogen (secondary N) is 1. The summed E-state index contributed by atoms with van der Waals surface area (Å²) in [5, 5.41) is 6.52. The van der Waals surface area contributed by atoms with E-state index in [1.807, 2.05) is 18.2 Å². The van der Waals surface area contributed by atoms with Crippen LogP contribution in [0, 0.1) is 6.92 Å². The van der Waals surface area contributed by atoms with E-state index in [4.69, 9.17) is 8.94 Å². The van der Waals surface area contributed by atoms with Crippen molar-refractivity contribution in [2.24, 2.45) is 0 Å². The molecular formula is C19H17N3O4. The van der Waals surface area contributed by atoms with Gasteiger partial charge in [-0.3, -0.25) is 9.59 Å². The molecule has 3 heterocycles. The molecule has 0 saturated heterocycles. The molecule has 0 spiro atoms. The molecule has 7 nitrogen and oxygen atoms in total. The zero-order chi connectivity index (χ0) is 18.1. The Labute approximate surface area is 149 Å². The SMILES string of the molecule is Cc1cc(C(=O)Nc2ccc3c(c2)CN(C(=O)c2ccco2)CC3)no1. The summed E-state index contributed by atoms with van der Waals surface area (Å²) < 4.78 is 10.1. The van der Waals surface area contributed by atoms with Crippen molar-refractivity contribution in [2.45, 2.75) is 19.9 Å². The van der Waals surface area contributed by atoms with Crippen LogP contribution < -0.4 is 5.32 Å². The Balaban J connectivity index is 1.50. The Bertz CT molecular complexity index is 959. The molecule has 2 amide bonds. The third-order valence-electron chi connectivity index (χ3n) is 4.36. The number of nitrogens with zero attached hydrogens (tertiary/aromatic N) is 2. The van der Waals surface area contributed by atoms with E-state index in [9.17, 15) is 9.59 Å². The molecule has 132 valence electrons. The van der Waals surface area contributed by atoms with Crippen molar-refractivity contribution in [2.75, 3.05) is 11.9 Å². The molecule has 1 aromatic carbocycles. The summed E-state index contributed by atoms with van der Waals surface area (Å²) in [6.07, 6.45) is 2.25. The van der Waals surface area contributed by atoms with Gasteiger partial charge in [-0.1, -0.05) is 11.2 Å². The van der Waals surface area contributed by atoms with Crippen LogP contribution in [0.5, 0.6) is 0 Å². The Morgan fingerprint density at radius 3 is 2.81 bits per heavy atom. The van der Waals surface area contributed by atoms with Crippen LogP contribution in [0.1, 0.15) is 37.9 Å². The van der Waals surface area contributed by atoms with E-state index in [-0.39, 0.29) is 17.5 Å². The van der Waals surface area contributed by atoms with E-state index in [0.717, 1.165) is 12.0 Å². The maximum absolute atomic E-state index is 12.5. The quantitative estimate of drug-likeness (QED) is 0.783. The minimum absolute atomic E-state index is 0.131. The monoisotopic (exact) mass is 351 g/mol. The van der Waals surface area contributed by atoms with E-state index in [1.165, 1.54) is 11.8 Å². The van der Waals surface area contributed by atoms with Crippen molar-refractivity contribution in [3.63, 3.8) is 0 Å². The zero-order valence-electron chi connectivity index (χ0n) is 14.2. The summed E-state index contributed by atoms with van der Waals surface area (Å²) in [6.45, 7) is 2.84. The van der Waals surface area contributed by atoms with Crippen molar-refractivity contribution in [1.82, 2.24) is 10.1 Å². The molecule has 3 aromatic rings. The van der Waals surface area contributed by atoms with Crippen LogP contribution in [-0.4, -0.2) is 28.4 Å². The molecule has 4 rings (SSSR count). The van der Waals surface area contributed by atoms with Gasteiger partial charge in [-0.25, -0.2) is 0 Å². The van der Waals surface area contributed by atoms with Gasteiger partial charge in [0.1, 0.15) is 5.76 Å². The molecule has 0 saturated carbocycles. The topological polar surface area (TPSA) is 88.6 Å². The molecule has 1 aliphatic heterocycles. The van der Waals surface area contributed by atoms with Gasteiger partial charge < -0.3 is 19.2 Å². The molecule has 0 bridgehead atoms. The maximum Gasteiger partial charge on any atom is 0.289 e. The Kier molecular flexibility index (Phi) is 4.04. The summed E-state index contributed by atoms with van der Waals surface area (Å²) in [5.41, 5.74) is 3.06. The highest BCUT2D eigenvalue weighted by molar-refractivity contribution is 6.02. The number of aromatic nitrogens is 1. The predicted octanol–water partition coefficient (Wildman–Crippen LogP) is 3.03. The first-order valence-corrected chi connectivity index (χ1v) is 8.29. The van der Waals surface area contributed by atoms with Gasteiger partial charge in [-0.15, -0.1) is 0 Å². The summed E-state index contributed by atoms with van der Waals surface area (Å²) in [4.78, 5) is 26.4. The van der Waals surface area contributed by atoms with Gasteiger partial charge in [0.25, 0.3) is 11.8 Å². The fourth-order valence-electron chi connectivity index (χ4n) is 3.03. The predicted molar refractivity (Wildman–Crippen MR) is 92.8 cm³/mol. The van der Waals surface area contributed by atoms with E-state index >= 15 is 0 Å². The van der Waals surface area contributed by atoms with Gasteiger partial charge in [-0.2, -0.15) is 0 Å². The van der Waals surface area contributed by atoms with Crippen LogP contribution in [0.3, 0.4) is 0 Å². The fourth-order valence-corrected chi connectivity index (χ4v) is 3.03. The summed E-state index contributed by atoms with van der Waals surface area (Å²) in [7, 11) is 0. The molecule has 1 N–H and O–H groups in total. The smallest absolute Gasteiger partial charge is 0.289 e. The lowest BCUT2D eigenvalue weighted by molar-refractivity contribution is 0.0702. The number of fused-ring (bicyclic) bond motifs is 1. The van der Waals surface area contributed by atoms with Crippen LogP contribution in [0.2, 0.25) is 0 Å². The van der Waals surface area contributed by atoms with Crippen molar-refractivity contribution in [3.05, 3.63) is 71.0 Å². The number of aryl methyl sites for hydroxylation is 1. The highest BCUT2D eigenvalue weighted by Crippen LogP contribution is 2.24. The van der Waals surface area contributed by atoms with E-state index in [1.54, 1.807) is 30.0 Å². The molecule has 2 aromatic heterocycles. The maximum atomic E-state index is 12.5. The number of hydrogen-bond donors (Lipinski definition) is 1. The van der Waals surface area contributed by atoms with Crippen molar-refractivity contribution in [1.29, 1.82) is 0 Å². The van der Waals surface area contributed by atoms with E-state index in [2.05, 4.69) is 10.5 Å². The van der Waals surface area contributed by atoms with E-state index in [0.29, 0.717) is 30.3 Å². The number of hydrogen-bond acceptors (Lipinski definition) is 5. The van der Waals surface area contributed by atoms with Gasteiger partial charge in [0.15, 0.2) is 11.5 Å². The van der Waals surface area contributed by atoms with Crippen LogP contribution in [-0.2, 0) is 13.0 Å². The third kappa shape index (κ3) is 3.11. The Morgan fingerprint density at radius 2 is 2.08 bits per heavy atom. The molecule has 26 heavy (non-hydrogen) atoms. The Hall–Kier alpha value is -3.35. The highest BCUT2D eigenvalue weighted by atomic mass is 16.5. The second-order valence-corrected chi connectivity index (χ2v) is 6.21. The number of carbonyl (C=O) groups is 2. The molecule has 0 radical (unpaired) electrons. The number of carbonyl (C=O) groups excluding carboxylic acids is 2. The second-order valence-electron chi connectivity index (χ2n) is 6.21. The molecule has 0 aliphatic carbocycles. The summed E-state index contributed by atoms with van der Waals surface area (Å²) >= 11 is 0. The lowest BCUT2D eigenvalue weighted by Gasteiger charge is -2.28. The van der Waals surface area contributed by atoms with Gasteiger partial charge in [0, 0.05) is 24.8 Å². The lowest BCUT2D eigenvalue weighted by Crippen LogP contribution is -2.35. The normalized spacial score (nSPS) is 13.3. The Morgan fingerprint density at radius 1 is 1.19 bits per heavy atom.